The van der Waals surface area contributed by atoms with Crippen LogP contribution in [-0.4, -0.2) is 48.2 Å². The number of anilines is 1. The number of nitrogen functional groups attached to an aromatic ring is 1. The molecule has 0 aliphatic heterocycles. The molecule has 0 aliphatic rings. The summed E-state index contributed by atoms with van der Waals surface area (Å²) >= 11 is 0. The summed E-state index contributed by atoms with van der Waals surface area (Å²) in [5.74, 6) is -0.115. The predicted molar refractivity (Wildman–Crippen MR) is 65.8 cm³/mol. The van der Waals surface area contributed by atoms with Crippen molar-refractivity contribution in [2.45, 2.75) is 19.4 Å². The van der Waals surface area contributed by atoms with Crippen LogP contribution in [0, 0.1) is 0 Å². The van der Waals surface area contributed by atoms with Gasteiger partial charge in [0.15, 0.2) is 5.69 Å². The monoisotopic (exact) mass is 240 g/mol. The first-order valence-corrected chi connectivity index (χ1v) is 5.60. The van der Waals surface area contributed by atoms with Gasteiger partial charge in [-0.25, -0.2) is 9.78 Å². The summed E-state index contributed by atoms with van der Waals surface area (Å²) < 4.78 is 6.37. The van der Waals surface area contributed by atoms with Gasteiger partial charge in [-0.3, -0.25) is 0 Å². The highest BCUT2D eigenvalue weighted by molar-refractivity contribution is 5.91. The van der Waals surface area contributed by atoms with Crippen LogP contribution >= 0.6 is 0 Å². The van der Waals surface area contributed by atoms with Gasteiger partial charge in [0, 0.05) is 6.54 Å². The summed E-state index contributed by atoms with van der Waals surface area (Å²) in [7, 11) is 5.40. The lowest BCUT2D eigenvalue weighted by atomic mass is 10.3. The quantitative estimate of drug-likeness (QED) is 0.582. The van der Waals surface area contributed by atoms with E-state index in [1.807, 2.05) is 14.1 Å². The minimum absolute atomic E-state index is 0.195. The van der Waals surface area contributed by atoms with Crippen molar-refractivity contribution in [1.82, 2.24) is 14.5 Å². The number of aromatic nitrogens is 2. The van der Waals surface area contributed by atoms with E-state index >= 15 is 0 Å². The molecule has 0 saturated heterocycles. The molecular formula is C11H20N4O2. The molecule has 0 saturated carbocycles. The summed E-state index contributed by atoms with van der Waals surface area (Å²) in [4.78, 5) is 17.4. The van der Waals surface area contributed by atoms with Crippen LogP contribution in [0.5, 0.6) is 0 Å². The van der Waals surface area contributed by atoms with Gasteiger partial charge in [0.05, 0.1) is 13.4 Å². The Hall–Kier alpha value is -1.56. The molecule has 1 aromatic rings. The Bertz CT molecular complexity index is 374. The maximum atomic E-state index is 11.3. The lowest BCUT2D eigenvalue weighted by Gasteiger charge is -2.09. The molecule has 2 N–H and O–H groups in total. The second kappa shape index (κ2) is 6.24. The number of rotatable bonds is 6. The van der Waals surface area contributed by atoms with E-state index in [4.69, 9.17) is 5.73 Å². The number of aryl methyl sites for hydroxylation is 1. The normalized spacial score (nSPS) is 10.8. The highest BCUT2D eigenvalue weighted by Crippen LogP contribution is 2.12. The first-order chi connectivity index (χ1) is 8.06. The zero-order valence-electron chi connectivity index (χ0n) is 10.6. The van der Waals surface area contributed by atoms with Crippen LogP contribution in [0.3, 0.4) is 0 Å². The topological polar surface area (TPSA) is 73.4 Å². The third-order valence-corrected chi connectivity index (χ3v) is 2.51. The summed E-state index contributed by atoms with van der Waals surface area (Å²) in [6, 6.07) is 0. The number of nitrogens with zero attached hydrogens (tertiary/aromatic N) is 3. The number of imidazole rings is 1. The van der Waals surface area contributed by atoms with Gasteiger partial charge in [-0.05, 0) is 33.5 Å². The van der Waals surface area contributed by atoms with Crippen LogP contribution in [0.2, 0.25) is 0 Å². The minimum atomic E-state index is -0.491. The van der Waals surface area contributed by atoms with Gasteiger partial charge in [-0.1, -0.05) is 0 Å². The van der Waals surface area contributed by atoms with Crippen LogP contribution in [0.1, 0.15) is 23.3 Å². The number of methoxy groups -OCH3 is 1. The molecule has 96 valence electrons. The summed E-state index contributed by atoms with van der Waals surface area (Å²) in [6.07, 6.45) is 3.66. The molecule has 0 radical (unpaired) electrons. The van der Waals surface area contributed by atoms with E-state index < -0.39 is 5.97 Å². The van der Waals surface area contributed by atoms with E-state index in [1.54, 1.807) is 10.9 Å². The zero-order valence-corrected chi connectivity index (χ0v) is 10.6. The molecule has 1 heterocycles. The molecule has 0 unspecified atom stereocenters. The second-order valence-electron chi connectivity index (χ2n) is 4.17. The van der Waals surface area contributed by atoms with E-state index in [0.717, 1.165) is 25.9 Å². The molecule has 6 nitrogen and oxygen atoms in total. The average molecular weight is 240 g/mol. The number of esters is 1. The number of ether oxygens (including phenoxy) is 1. The second-order valence-corrected chi connectivity index (χ2v) is 4.17. The fourth-order valence-electron chi connectivity index (χ4n) is 1.53. The highest BCUT2D eigenvalue weighted by atomic mass is 16.5. The summed E-state index contributed by atoms with van der Waals surface area (Å²) in [5, 5.41) is 0. The molecule has 0 aliphatic carbocycles. The minimum Gasteiger partial charge on any atom is -0.464 e. The number of carbonyl (C=O) groups excluding carboxylic acids is 1. The van der Waals surface area contributed by atoms with Gasteiger partial charge in [-0.2, -0.15) is 0 Å². The molecular weight excluding hydrogens is 220 g/mol. The molecule has 0 aromatic carbocycles. The van der Waals surface area contributed by atoms with Gasteiger partial charge >= 0.3 is 5.97 Å². The number of nitrogens with two attached hydrogens (primary N) is 1. The van der Waals surface area contributed by atoms with Crippen molar-refractivity contribution in [3.8, 4) is 0 Å². The van der Waals surface area contributed by atoms with Gasteiger partial charge in [-0.15, -0.1) is 0 Å². The van der Waals surface area contributed by atoms with E-state index in [0.29, 0.717) is 5.82 Å². The number of hydrogen-bond acceptors (Lipinski definition) is 5. The van der Waals surface area contributed by atoms with Crippen molar-refractivity contribution in [2.24, 2.45) is 0 Å². The van der Waals surface area contributed by atoms with Crippen LogP contribution in [0.4, 0.5) is 5.82 Å². The van der Waals surface area contributed by atoms with Crippen molar-refractivity contribution in [2.75, 3.05) is 33.5 Å². The lowest BCUT2D eigenvalue weighted by Crippen LogP contribution is -2.14. The molecule has 0 amide bonds. The molecule has 1 rings (SSSR count). The number of unbranched alkanes of at least 4 members (excludes halogenated alkanes) is 1. The molecule has 17 heavy (non-hydrogen) atoms. The maximum absolute atomic E-state index is 11.3. The zero-order chi connectivity index (χ0) is 12.8. The van der Waals surface area contributed by atoms with Crippen molar-refractivity contribution >= 4 is 11.8 Å². The molecule has 0 fully saturated rings. The molecule has 6 heteroatoms. The van der Waals surface area contributed by atoms with Crippen LogP contribution < -0.4 is 5.73 Å². The largest absolute Gasteiger partial charge is 0.464 e. The van der Waals surface area contributed by atoms with Crippen molar-refractivity contribution in [3.05, 3.63) is 12.0 Å². The molecule has 1 aromatic heterocycles. The number of carbonyl (C=O) groups is 1. The Morgan fingerprint density at radius 3 is 2.82 bits per heavy atom. The lowest BCUT2D eigenvalue weighted by molar-refractivity contribution is 0.0596. The van der Waals surface area contributed by atoms with E-state index in [1.165, 1.54) is 7.11 Å². The van der Waals surface area contributed by atoms with E-state index in [9.17, 15) is 4.79 Å². The SMILES string of the molecule is COC(=O)c1ncn(CCCCN(C)C)c1N. The maximum Gasteiger partial charge on any atom is 0.360 e. The van der Waals surface area contributed by atoms with Gasteiger partial charge in [0.1, 0.15) is 5.82 Å². The third-order valence-electron chi connectivity index (χ3n) is 2.51. The van der Waals surface area contributed by atoms with Gasteiger partial charge in [0.2, 0.25) is 0 Å². The first-order valence-electron chi connectivity index (χ1n) is 5.60. The highest BCUT2D eigenvalue weighted by Gasteiger charge is 2.15. The Labute approximate surface area is 101 Å². The Balaban J connectivity index is 2.50. The Morgan fingerprint density at radius 2 is 2.24 bits per heavy atom. The molecule has 0 atom stereocenters. The van der Waals surface area contributed by atoms with Crippen molar-refractivity contribution in [3.63, 3.8) is 0 Å². The first kappa shape index (κ1) is 13.5. The molecule has 0 bridgehead atoms. The summed E-state index contributed by atoms with van der Waals surface area (Å²) in [5.41, 5.74) is 6.01. The van der Waals surface area contributed by atoms with E-state index in [2.05, 4.69) is 14.6 Å². The van der Waals surface area contributed by atoms with Crippen LogP contribution in [0.15, 0.2) is 6.33 Å². The summed E-state index contributed by atoms with van der Waals surface area (Å²) in [6.45, 7) is 1.81. The third kappa shape index (κ3) is 3.74. The van der Waals surface area contributed by atoms with Crippen molar-refractivity contribution in [1.29, 1.82) is 0 Å². The number of hydrogen-bond donors (Lipinski definition) is 1. The Morgan fingerprint density at radius 1 is 1.53 bits per heavy atom. The van der Waals surface area contributed by atoms with Gasteiger partial charge in [0.25, 0.3) is 0 Å². The Kier molecular flexibility index (Phi) is 4.96. The van der Waals surface area contributed by atoms with E-state index in [-0.39, 0.29) is 5.69 Å². The van der Waals surface area contributed by atoms with Gasteiger partial charge < -0.3 is 19.9 Å². The predicted octanol–water partition coefficient (Wildman–Crippen LogP) is 0.594. The average Bonchev–Trinajstić information content (AvgIpc) is 2.65. The fraction of sp³-hybridized carbons (Fsp3) is 0.636. The fourth-order valence-corrected chi connectivity index (χ4v) is 1.53. The van der Waals surface area contributed by atoms with Crippen LogP contribution in [-0.2, 0) is 11.3 Å². The standard InChI is InChI=1S/C11H20N4O2/c1-14(2)6-4-5-7-15-8-13-9(10(15)12)11(16)17-3/h8H,4-7,12H2,1-3H3. The van der Waals surface area contributed by atoms with Crippen molar-refractivity contribution < 1.29 is 9.53 Å². The smallest absolute Gasteiger partial charge is 0.360 e. The molecule has 0 spiro atoms. The van der Waals surface area contributed by atoms with Crippen LogP contribution in [0.25, 0.3) is 0 Å².